The van der Waals surface area contributed by atoms with E-state index < -0.39 is 0 Å². The molecule has 0 N–H and O–H groups in total. The van der Waals surface area contributed by atoms with Crippen molar-refractivity contribution in [3.05, 3.63) is 22.0 Å². The minimum atomic E-state index is 0.293. The van der Waals surface area contributed by atoms with E-state index in [2.05, 4.69) is 33.5 Å². The molecule has 0 radical (unpaired) electrons. The molecule has 2 nitrogen and oxygen atoms in total. The zero-order valence-corrected chi connectivity index (χ0v) is 7.91. The molecule has 1 heterocycles. The molecule has 0 aromatic carbocycles. The first-order chi connectivity index (χ1) is 5.34. The Balaban J connectivity index is 2.71. The normalized spacial score (nSPS) is 8.73. The number of nitrogens with zero attached hydrogens (tertiary/aromatic N) is 1. The summed E-state index contributed by atoms with van der Waals surface area (Å²) in [6.07, 6.45) is 6.74. The molecule has 0 saturated heterocycles. The number of rotatable bonds is 2. The first-order valence-electron chi connectivity index (χ1n) is 3.01. The third kappa shape index (κ3) is 2.39. The SMILES string of the molecule is C#CCOc1cccnc1I. The molecule has 0 bridgehead atoms. The van der Waals surface area contributed by atoms with Crippen molar-refractivity contribution in [1.29, 1.82) is 0 Å². The van der Waals surface area contributed by atoms with Gasteiger partial charge in [0.1, 0.15) is 10.3 Å². The minimum absolute atomic E-state index is 0.293. The summed E-state index contributed by atoms with van der Waals surface area (Å²) in [5.41, 5.74) is 0. The molecule has 11 heavy (non-hydrogen) atoms. The summed E-state index contributed by atoms with van der Waals surface area (Å²) in [4.78, 5) is 4.03. The van der Waals surface area contributed by atoms with E-state index in [0.717, 1.165) is 9.45 Å². The molecular formula is C8H6INO. The van der Waals surface area contributed by atoms with Crippen molar-refractivity contribution < 1.29 is 4.74 Å². The standard InChI is InChI=1S/C8H6INO/c1-2-6-11-7-4-3-5-10-8(7)9/h1,3-5H,6H2. The second-order valence-electron chi connectivity index (χ2n) is 1.79. The van der Waals surface area contributed by atoms with Gasteiger partial charge in [-0.15, -0.1) is 6.42 Å². The van der Waals surface area contributed by atoms with Crippen LogP contribution >= 0.6 is 22.6 Å². The maximum absolute atomic E-state index is 5.18. The lowest BCUT2D eigenvalue weighted by atomic mass is 10.5. The largest absolute Gasteiger partial charge is 0.478 e. The first kappa shape index (κ1) is 8.34. The topological polar surface area (TPSA) is 22.1 Å². The van der Waals surface area contributed by atoms with Crippen LogP contribution in [-0.2, 0) is 0 Å². The molecule has 0 amide bonds. The monoisotopic (exact) mass is 259 g/mol. The van der Waals surface area contributed by atoms with E-state index in [1.807, 2.05) is 12.1 Å². The zero-order chi connectivity index (χ0) is 8.10. The fourth-order valence-electron chi connectivity index (χ4n) is 0.598. The van der Waals surface area contributed by atoms with E-state index in [-0.39, 0.29) is 0 Å². The number of halogens is 1. The highest BCUT2D eigenvalue weighted by molar-refractivity contribution is 14.1. The lowest BCUT2D eigenvalue weighted by Crippen LogP contribution is -1.96. The van der Waals surface area contributed by atoms with Crippen molar-refractivity contribution in [2.24, 2.45) is 0 Å². The number of hydrogen-bond acceptors (Lipinski definition) is 2. The summed E-state index contributed by atoms with van der Waals surface area (Å²) in [5.74, 6) is 3.13. The molecule has 1 aromatic rings. The Bertz CT molecular complexity index is 280. The van der Waals surface area contributed by atoms with Crippen LogP contribution in [0, 0.1) is 16.0 Å². The van der Waals surface area contributed by atoms with Crippen LogP contribution in [0.4, 0.5) is 0 Å². The maximum atomic E-state index is 5.18. The van der Waals surface area contributed by atoms with Crippen LogP contribution in [-0.4, -0.2) is 11.6 Å². The smallest absolute Gasteiger partial charge is 0.152 e. The summed E-state index contributed by atoms with van der Waals surface area (Å²) >= 11 is 2.10. The van der Waals surface area contributed by atoms with Gasteiger partial charge in [0, 0.05) is 6.20 Å². The average molecular weight is 259 g/mol. The van der Waals surface area contributed by atoms with E-state index in [1.165, 1.54) is 0 Å². The van der Waals surface area contributed by atoms with Gasteiger partial charge >= 0.3 is 0 Å². The van der Waals surface area contributed by atoms with Gasteiger partial charge < -0.3 is 4.74 Å². The molecule has 0 saturated carbocycles. The Morgan fingerprint density at radius 2 is 2.55 bits per heavy atom. The molecule has 0 fully saturated rings. The Kier molecular flexibility index (Phi) is 3.17. The second-order valence-corrected chi connectivity index (χ2v) is 2.81. The quantitative estimate of drug-likeness (QED) is 0.458. The molecule has 0 unspecified atom stereocenters. The highest BCUT2D eigenvalue weighted by atomic mass is 127. The Labute approximate surface area is 79.1 Å². The fourth-order valence-corrected chi connectivity index (χ4v) is 1.09. The molecule has 0 spiro atoms. The van der Waals surface area contributed by atoms with Gasteiger partial charge in [0.2, 0.25) is 0 Å². The van der Waals surface area contributed by atoms with Gasteiger partial charge in [0.25, 0.3) is 0 Å². The number of ether oxygens (including phenoxy) is 1. The van der Waals surface area contributed by atoms with E-state index in [1.54, 1.807) is 6.20 Å². The average Bonchev–Trinajstić information content (AvgIpc) is 2.03. The van der Waals surface area contributed by atoms with Crippen LogP contribution in [0.15, 0.2) is 18.3 Å². The number of pyridine rings is 1. The van der Waals surface area contributed by atoms with Gasteiger partial charge in [-0.1, -0.05) is 5.92 Å². The predicted octanol–water partition coefficient (Wildman–Crippen LogP) is 1.70. The summed E-state index contributed by atoms with van der Waals surface area (Å²) < 4.78 is 6.01. The molecule has 1 aromatic heterocycles. The van der Waals surface area contributed by atoms with Crippen LogP contribution in [0.5, 0.6) is 5.75 Å². The van der Waals surface area contributed by atoms with E-state index in [0.29, 0.717) is 6.61 Å². The maximum Gasteiger partial charge on any atom is 0.152 e. The first-order valence-corrected chi connectivity index (χ1v) is 4.09. The van der Waals surface area contributed by atoms with Crippen molar-refractivity contribution >= 4 is 22.6 Å². The molecule has 0 aliphatic rings. The molecular weight excluding hydrogens is 253 g/mol. The van der Waals surface area contributed by atoms with Gasteiger partial charge in [-0.2, -0.15) is 0 Å². The van der Waals surface area contributed by atoms with Crippen LogP contribution in [0.3, 0.4) is 0 Å². The Hall–Kier alpha value is -0.760. The van der Waals surface area contributed by atoms with Crippen molar-refractivity contribution in [2.45, 2.75) is 0 Å². The molecule has 0 aliphatic heterocycles. The summed E-state index contributed by atoms with van der Waals surface area (Å²) in [6.45, 7) is 0.293. The fraction of sp³-hybridized carbons (Fsp3) is 0.125. The highest BCUT2D eigenvalue weighted by Crippen LogP contribution is 2.16. The van der Waals surface area contributed by atoms with Crippen LogP contribution < -0.4 is 4.74 Å². The zero-order valence-electron chi connectivity index (χ0n) is 5.75. The summed E-state index contributed by atoms with van der Waals surface area (Å²) in [6, 6.07) is 3.65. The highest BCUT2D eigenvalue weighted by Gasteiger charge is 1.97. The van der Waals surface area contributed by atoms with Crippen molar-refractivity contribution in [3.8, 4) is 18.1 Å². The summed E-state index contributed by atoms with van der Waals surface area (Å²) in [5, 5.41) is 0. The van der Waals surface area contributed by atoms with Gasteiger partial charge in [-0.25, -0.2) is 4.98 Å². The van der Waals surface area contributed by atoms with Gasteiger partial charge in [-0.05, 0) is 34.7 Å². The van der Waals surface area contributed by atoms with Crippen LogP contribution in [0.1, 0.15) is 0 Å². The number of terminal acetylenes is 1. The number of aromatic nitrogens is 1. The Morgan fingerprint density at radius 3 is 3.18 bits per heavy atom. The van der Waals surface area contributed by atoms with Gasteiger partial charge in [0.15, 0.2) is 5.75 Å². The number of hydrogen-bond donors (Lipinski definition) is 0. The predicted molar refractivity (Wildman–Crippen MR) is 51.3 cm³/mol. The molecule has 0 aliphatic carbocycles. The van der Waals surface area contributed by atoms with Gasteiger partial charge in [-0.3, -0.25) is 0 Å². The summed E-state index contributed by atoms with van der Waals surface area (Å²) in [7, 11) is 0. The third-order valence-corrected chi connectivity index (χ3v) is 1.85. The molecule has 56 valence electrons. The molecule has 1 rings (SSSR count). The van der Waals surface area contributed by atoms with Crippen molar-refractivity contribution in [1.82, 2.24) is 4.98 Å². The Morgan fingerprint density at radius 1 is 1.73 bits per heavy atom. The third-order valence-electron chi connectivity index (χ3n) is 1.04. The van der Waals surface area contributed by atoms with E-state index >= 15 is 0 Å². The molecule has 3 heteroatoms. The minimum Gasteiger partial charge on any atom is -0.478 e. The van der Waals surface area contributed by atoms with E-state index in [9.17, 15) is 0 Å². The lowest BCUT2D eigenvalue weighted by molar-refractivity contribution is 0.365. The van der Waals surface area contributed by atoms with Crippen molar-refractivity contribution in [3.63, 3.8) is 0 Å². The van der Waals surface area contributed by atoms with Crippen LogP contribution in [0.25, 0.3) is 0 Å². The van der Waals surface area contributed by atoms with Gasteiger partial charge in [0.05, 0.1) is 0 Å². The van der Waals surface area contributed by atoms with Crippen LogP contribution in [0.2, 0.25) is 0 Å². The second kappa shape index (κ2) is 4.19. The molecule has 0 atom stereocenters. The van der Waals surface area contributed by atoms with Crippen molar-refractivity contribution in [2.75, 3.05) is 6.61 Å². The lowest BCUT2D eigenvalue weighted by Gasteiger charge is -2.01. The van der Waals surface area contributed by atoms with E-state index in [4.69, 9.17) is 11.2 Å².